The molecule has 1 heterocycles. The topological polar surface area (TPSA) is 56.1 Å². The predicted octanol–water partition coefficient (Wildman–Crippen LogP) is 1.75. The Morgan fingerprint density at radius 3 is 2.94 bits per heavy atom. The number of amides is 1. The quantitative estimate of drug-likeness (QED) is 0.898. The van der Waals surface area contributed by atoms with Gasteiger partial charge in [-0.3, -0.25) is 10.2 Å². The summed E-state index contributed by atoms with van der Waals surface area (Å²) in [6.45, 7) is 0.573. The number of carbonyl (C=O) groups excluding carboxylic acids is 1. The first-order valence-corrected chi connectivity index (χ1v) is 5.71. The van der Waals surface area contributed by atoms with Crippen molar-refractivity contribution < 1.29 is 4.79 Å². The molecular formula is C11H10BrN3O. The van der Waals surface area contributed by atoms with Crippen molar-refractivity contribution in [3.8, 4) is 6.07 Å². The lowest BCUT2D eigenvalue weighted by atomic mass is 10.1. The molecule has 0 saturated carbocycles. The van der Waals surface area contributed by atoms with E-state index in [0.717, 1.165) is 10.0 Å². The summed E-state index contributed by atoms with van der Waals surface area (Å²) in [6, 6.07) is 9.32. The minimum absolute atomic E-state index is 0.0322. The molecule has 0 spiro atoms. The van der Waals surface area contributed by atoms with Crippen molar-refractivity contribution in [1.29, 1.82) is 5.26 Å². The van der Waals surface area contributed by atoms with E-state index in [4.69, 9.17) is 5.26 Å². The van der Waals surface area contributed by atoms with E-state index in [2.05, 4.69) is 27.4 Å². The smallest absolute Gasteiger partial charge is 0.235 e. The highest BCUT2D eigenvalue weighted by molar-refractivity contribution is 9.10. The molecule has 1 aromatic carbocycles. The zero-order valence-corrected chi connectivity index (χ0v) is 10.1. The van der Waals surface area contributed by atoms with Crippen molar-refractivity contribution in [1.82, 2.24) is 10.4 Å². The fraction of sp³-hybridized carbons (Fsp3) is 0.273. The monoisotopic (exact) mass is 279 g/mol. The average molecular weight is 280 g/mol. The zero-order valence-electron chi connectivity index (χ0n) is 8.48. The molecule has 82 valence electrons. The Kier molecular flexibility index (Phi) is 3.22. The van der Waals surface area contributed by atoms with Crippen molar-refractivity contribution in [2.75, 3.05) is 6.54 Å². The molecule has 1 aliphatic rings. The summed E-state index contributed by atoms with van der Waals surface area (Å²) in [7, 11) is 0. The molecule has 1 amide bonds. The van der Waals surface area contributed by atoms with Gasteiger partial charge in [-0.15, -0.1) is 0 Å². The van der Waals surface area contributed by atoms with Crippen molar-refractivity contribution >= 4 is 21.8 Å². The number of carbonyl (C=O) groups is 1. The number of nitrogens with zero attached hydrogens (tertiary/aromatic N) is 2. The molecule has 4 nitrogen and oxygen atoms in total. The Morgan fingerprint density at radius 1 is 1.56 bits per heavy atom. The van der Waals surface area contributed by atoms with Crippen LogP contribution in [0.15, 0.2) is 28.7 Å². The van der Waals surface area contributed by atoms with Gasteiger partial charge in [-0.1, -0.05) is 28.1 Å². The van der Waals surface area contributed by atoms with Gasteiger partial charge >= 0.3 is 0 Å². The number of hydrogen-bond acceptors (Lipinski definition) is 3. The molecule has 16 heavy (non-hydrogen) atoms. The second-order valence-corrected chi connectivity index (χ2v) is 4.48. The lowest BCUT2D eigenvalue weighted by Gasteiger charge is -2.21. The van der Waals surface area contributed by atoms with Gasteiger partial charge in [0.1, 0.15) is 6.04 Å². The highest BCUT2D eigenvalue weighted by Crippen LogP contribution is 2.23. The Labute approximate surface area is 102 Å². The number of rotatable bonds is 2. The minimum atomic E-state index is -0.427. The van der Waals surface area contributed by atoms with Crippen LogP contribution in [0.2, 0.25) is 0 Å². The standard InChI is InChI=1S/C11H10BrN3O/c12-9-3-1-2-8(6-9)10(7-13)15-5-4-11(16)14-15/h1-3,6,10H,4-5H2,(H,14,16)/t10-/m1/s1. The molecule has 5 heteroatoms. The van der Waals surface area contributed by atoms with Crippen LogP contribution in [-0.4, -0.2) is 17.5 Å². The molecule has 0 radical (unpaired) electrons. The van der Waals surface area contributed by atoms with E-state index in [-0.39, 0.29) is 5.91 Å². The van der Waals surface area contributed by atoms with Gasteiger partial charge in [-0.25, -0.2) is 0 Å². The Bertz CT molecular complexity index is 455. The normalized spacial score (nSPS) is 17.9. The first kappa shape index (κ1) is 11.1. The first-order valence-electron chi connectivity index (χ1n) is 4.92. The number of nitrogens with one attached hydrogen (secondary N) is 1. The highest BCUT2D eigenvalue weighted by Gasteiger charge is 2.27. The maximum absolute atomic E-state index is 11.1. The minimum Gasteiger partial charge on any atom is -0.287 e. The van der Waals surface area contributed by atoms with Crippen LogP contribution >= 0.6 is 15.9 Å². The third-order valence-corrected chi connectivity index (χ3v) is 2.94. The molecule has 2 rings (SSSR count). The fourth-order valence-corrected chi connectivity index (χ4v) is 2.11. The second-order valence-electron chi connectivity index (χ2n) is 3.57. The Hall–Kier alpha value is -1.38. The van der Waals surface area contributed by atoms with Gasteiger partial charge in [0.05, 0.1) is 6.07 Å². The summed E-state index contributed by atoms with van der Waals surface area (Å²) in [4.78, 5) is 11.1. The van der Waals surface area contributed by atoms with E-state index in [1.807, 2.05) is 24.3 Å². The van der Waals surface area contributed by atoms with Crippen LogP contribution in [0, 0.1) is 11.3 Å². The van der Waals surface area contributed by atoms with Crippen LogP contribution in [0.1, 0.15) is 18.0 Å². The molecule has 1 saturated heterocycles. The molecule has 0 aromatic heterocycles. The maximum Gasteiger partial charge on any atom is 0.235 e. The van der Waals surface area contributed by atoms with Gasteiger partial charge in [-0.2, -0.15) is 10.3 Å². The summed E-state index contributed by atoms with van der Waals surface area (Å²) in [6.07, 6.45) is 0.451. The van der Waals surface area contributed by atoms with E-state index in [1.165, 1.54) is 0 Å². The van der Waals surface area contributed by atoms with Crippen LogP contribution in [0.5, 0.6) is 0 Å². The molecular weight excluding hydrogens is 270 g/mol. The third-order valence-electron chi connectivity index (χ3n) is 2.45. The third kappa shape index (κ3) is 2.23. The zero-order chi connectivity index (χ0) is 11.5. The Balaban J connectivity index is 2.23. The van der Waals surface area contributed by atoms with Crippen molar-refractivity contribution in [3.63, 3.8) is 0 Å². The molecule has 1 fully saturated rings. The average Bonchev–Trinajstić information content (AvgIpc) is 2.66. The summed E-state index contributed by atoms with van der Waals surface area (Å²) in [5.74, 6) is -0.0322. The fourth-order valence-electron chi connectivity index (χ4n) is 1.69. The number of hydrazine groups is 1. The molecule has 1 N–H and O–H groups in total. The molecule has 1 atom stereocenters. The van der Waals surface area contributed by atoms with Crippen LogP contribution in [0.3, 0.4) is 0 Å². The van der Waals surface area contributed by atoms with Crippen molar-refractivity contribution in [2.24, 2.45) is 0 Å². The number of nitriles is 1. The van der Waals surface area contributed by atoms with Crippen molar-refractivity contribution in [2.45, 2.75) is 12.5 Å². The number of benzene rings is 1. The van der Waals surface area contributed by atoms with Crippen LogP contribution in [-0.2, 0) is 4.79 Å². The molecule has 0 bridgehead atoms. The highest BCUT2D eigenvalue weighted by atomic mass is 79.9. The number of hydrogen-bond donors (Lipinski definition) is 1. The molecule has 0 unspecified atom stereocenters. The van der Waals surface area contributed by atoms with Gasteiger partial charge in [0.15, 0.2) is 0 Å². The summed E-state index contributed by atoms with van der Waals surface area (Å²) < 4.78 is 0.927. The summed E-state index contributed by atoms with van der Waals surface area (Å²) in [5.41, 5.74) is 3.55. The van der Waals surface area contributed by atoms with Crippen LogP contribution in [0.4, 0.5) is 0 Å². The number of halogens is 1. The summed E-state index contributed by atoms with van der Waals surface area (Å²) >= 11 is 3.36. The van der Waals surface area contributed by atoms with Crippen LogP contribution < -0.4 is 5.43 Å². The van der Waals surface area contributed by atoms with E-state index < -0.39 is 6.04 Å². The lowest BCUT2D eigenvalue weighted by Crippen LogP contribution is -2.36. The van der Waals surface area contributed by atoms with Gasteiger partial charge in [0, 0.05) is 17.4 Å². The van der Waals surface area contributed by atoms with Gasteiger partial charge in [0.2, 0.25) is 5.91 Å². The van der Waals surface area contributed by atoms with Crippen molar-refractivity contribution in [3.05, 3.63) is 34.3 Å². The van der Waals surface area contributed by atoms with Crippen LogP contribution in [0.25, 0.3) is 0 Å². The first-order chi connectivity index (χ1) is 7.70. The predicted molar refractivity (Wildman–Crippen MR) is 62.0 cm³/mol. The van der Waals surface area contributed by atoms with Gasteiger partial charge in [0.25, 0.3) is 0 Å². The van der Waals surface area contributed by atoms with E-state index in [9.17, 15) is 4.79 Å². The molecule has 0 aliphatic carbocycles. The van der Waals surface area contributed by atoms with Gasteiger partial charge in [-0.05, 0) is 17.7 Å². The second kappa shape index (κ2) is 4.64. The van der Waals surface area contributed by atoms with E-state index in [0.29, 0.717) is 13.0 Å². The largest absolute Gasteiger partial charge is 0.287 e. The molecule has 1 aromatic rings. The molecule has 1 aliphatic heterocycles. The van der Waals surface area contributed by atoms with Gasteiger partial charge < -0.3 is 0 Å². The lowest BCUT2D eigenvalue weighted by molar-refractivity contribution is -0.121. The van der Waals surface area contributed by atoms with E-state index in [1.54, 1.807) is 5.01 Å². The Morgan fingerprint density at radius 2 is 2.38 bits per heavy atom. The maximum atomic E-state index is 11.1. The SMILES string of the molecule is N#C[C@H](c1cccc(Br)c1)N1CCC(=O)N1. The summed E-state index contributed by atoms with van der Waals surface area (Å²) in [5, 5.41) is 10.8. The van der Waals surface area contributed by atoms with E-state index >= 15 is 0 Å².